The smallest absolute Gasteiger partial charge is 0.119 e. The third-order valence-corrected chi connectivity index (χ3v) is 8.69. The van der Waals surface area contributed by atoms with Gasteiger partial charge in [-0.1, -0.05) is 47.9 Å². The molecule has 0 fully saturated rings. The van der Waals surface area contributed by atoms with Gasteiger partial charge in [0.2, 0.25) is 0 Å². The number of aromatic nitrogens is 2. The Hall–Kier alpha value is -6.46. The van der Waals surface area contributed by atoms with E-state index in [-0.39, 0.29) is 0 Å². The number of ether oxygens (including phenoxy) is 2. The molecule has 0 aliphatic carbocycles. The van der Waals surface area contributed by atoms with Crippen molar-refractivity contribution in [3.05, 3.63) is 96.1 Å². The predicted octanol–water partition coefficient (Wildman–Crippen LogP) is 8.48. The largest absolute Gasteiger partial charge is 0.497 e. The van der Waals surface area contributed by atoms with Crippen molar-refractivity contribution in [1.29, 1.82) is 0 Å². The van der Waals surface area contributed by atoms with Crippen molar-refractivity contribution in [2.75, 3.05) is 14.2 Å². The number of rotatable bonds is 6. The maximum absolute atomic E-state index is 6.07. The molecule has 0 atom stereocenters. The Morgan fingerprint density at radius 3 is 1.26 bits per heavy atom. The van der Waals surface area contributed by atoms with Crippen molar-refractivity contribution in [2.24, 2.45) is 0 Å². The lowest BCUT2D eigenvalue weighted by Gasteiger charge is -2.17. The van der Waals surface area contributed by atoms with E-state index in [1.54, 1.807) is 14.2 Å². The summed E-state index contributed by atoms with van der Waals surface area (Å²) in [5.74, 6) is 12.8. The van der Waals surface area contributed by atoms with Crippen LogP contribution in [0.3, 0.4) is 0 Å². The normalized spacial score (nSPS) is 10.9. The topological polar surface area (TPSA) is 28.3 Å². The molecule has 2 aromatic heterocycles. The highest BCUT2D eigenvalue weighted by Crippen LogP contribution is 2.51. The number of nitrogens with zero attached hydrogens (tertiary/aromatic N) is 2. The second kappa shape index (κ2) is 11.2. The lowest BCUT2D eigenvalue weighted by Crippen LogP contribution is -2.00. The molecule has 0 saturated heterocycles. The fourth-order valence-corrected chi connectivity index (χ4v) is 6.72. The van der Waals surface area contributed by atoms with E-state index in [1.165, 1.54) is 0 Å². The predicted molar refractivity (Wildman–Crippen MR) is 190 cm³/mol. The molecule has 7 rings (SSSR count). The van der Waals surface area contributed by atoms with E-state index >= 15 is 0 Å². The minimum absolute atomic E-state index is 0.356. The Balaban J connectivity index is 1.86. The SMILES string of the molecule is C#CCn1c2ccc(OC)cc2c2c(-c3ccc(C#C)cc3)c3c(c(-c4ccc(C#C)cc4)c21)c1cc(OC)ccc1n3CC#C. The van der Waals surface area contributed by atoms with Crippen molar-refractivity contribution in [3.8, 4) is 83.1 Å². The molecule has 2 heterocycles. The number of hydrogen-bond acceptors (Lipinski definition) is 2. The molecule has 0 unspecified atom stereocenters. The van der Waals surface area contributed by atoms with Gasteiger partial charge in [-0.2, -0.15) is 0 Å². The van der Waals surface area contributed by atoms with Gasteiger partial charge < -0.3 is 18.6 Å². The maximum Gasteiger partial charge on any atom is 0.119 e. The van der Waals surface area contributed by atoms with Crippen LogP contribution in [0.2, 0.25) is 0 Å². The standard InChI is InChI=1S/C42H28N2O2/c1-7-23-43-35-21-19-31(45-5)25-33(35)39-38(30-17-13-28(10-4)14-18-30)42-40(37(41(39)43)29-15-11-27(9-3)12-16-29)34-26-32(46-6)20-22-36(34)44(42)24-8-2/h1-4,11-22,25-26H,23-24H2,5-6H3. The van der Waals surface area contributed by atoms with Crippen molar-refractivity contribution in [1.82, 2.24) is 9.13 Å². The van der Waals surface area contributed by atoms with Gasteiger partial charge in [-0.3, -0.25) is 0 Å². The van der Waals surface area contributed by atoms with Crippen molar-refractivity contribution in [2.45, 2.75) is 13.1 Å². The fourth-order valence-electron chi connectivity index (χ4n) is 6.72. The van der Waals surface area contributed by atoms with Crippen LogP contribution in [0.25, 0.3) is 65.9 Å². The summed E-state index contributed by atoms with van der Waals surface area (Å²) < 4.78 is 15.9. The van der Waals surface area contributed by atoms with Gasteiger partial charge in [0.05, 0.1) is 49.4 Å². The minimum atomic E-state index is 0.356. The van der Waals surface area contributed by atoms with Gasteiger partial charge in [-0.25, -0.2) is 0 Å². The van der Waals surface area contributed by atoms with Crippen LogP contribution in [0.4, 0.5) is 0 Å². The summed E-state index contributed by atoms with van der Waals surface area (Å²) in [5, 5.41) is 4.10. The number of benzene rings is 5. The second-order valence-corrected chi connectivity index (χ2v) is 11.0. The Bertz CT molecular complexity index is 2330. The van der Waals surface area contributed by atoms with Crippen LogP contribution in [-0.2, 0) is 13.1 Å². The zero-order valence-corrected chi connectivity index (χ0v) is 25.5. The molecule has 218 valence electrons. The van der Waals surface area contributed by atoms with Gasteiger partial charge in [-0.15, -0.1) is 25.7 Å². The van der Waals surface area contributed by atoms with Gasteiger partial charge in [-0.05, 0) is 71.8 Å². The summed E-state index contributed by atoms with van der Waals surface area (Å²) in [5.41, 5.74) is 9.64. The van der Waals surface area contributed by atoms with E-state index < -0.39 is 0 Å². The molecule has 4 nitrogen and oxygen atoms in total. The lowest BCUT2D eigenvalue weighted by molar-refractivity contribution is 0.415. The van der Waals surface area contributed by atoms with E-state index in [9.17, 15) is 0 Å². The molecule has 0 aliphatic rings. The zero-order chi connectivity index (χ0) is 31.9. The first kappa shape index (κ1) is 28.3. The van der Waals surface area contributed by atoms with Crippen LogP contribution in [0.15, 0.2) is 84.9 Å². The fraction of sp³-hybridized carbons (Fsp3) is 0.0952. The summed E-state index contributed by atoms with van der Waals surface area (Å²) >= 11 is 0. The summed E-state index contributed by atoms with van der Waals surface area (Å²) in [6.45, 7) is 0.712. The van der Waals surface area contributed by atoms with Crippen LogP contribution in [-0.4, -0.2) is 23.4 Å². The van der Waals surface area contributed by atoms with Crippen LogP contribution in [0, 0.1) is 49.4 Å². The first-order valence-electron chi connectivity index (χ1n) is 14.7. The molecule has 46 heavy (non-hydrogen) atoms. The Labute approximate surface area is 268 Å². The molecule has 0 bridgehead atoms. The molecule has 0 spiro atoms. The number of fused-ring (bicyclic) bond motifs is 6. The average molecular weight is 593 g/mol. The van der Waals surface area contributed by atoms with Gasteiger partial charge in [0.15, 0.2) is 0 Å². The van der Waals surface area contributed by atoms with Crippen LogP contribution in [0.5, 0.6) is 11.5 Å². The van der Waals surface area contributed by atoms with Crippen LogP contribution < -0.4 is 9.47 Å². The van der Waals surface area contributed by atoms with Crippen LogP contribution in [0.1, 0.15) is 11.1 Å². The number of methoxy groups -OCH3 is 2. The maximum atomic E-state index is 6.07. The first-order chi connectivity index (χ1) is 22.6. The number of terminal acetylenes is 4. The molecule has 5 aromatic carbocycles. The third-order valence-electron chi connectivity index (χ3n) is 8.69. The van der Waals surface area contributed by atoms with Crippen molar-refractivity contribution < 1.29 is 9.47 Å². The summed E-state index contributed by atoms with van der Waals surface area (Å²) in [7, 11) is 3.35. The quantitative estimate of drug-likeness (QED) is 0.181. The Kier molecular flexibility index (Phi) is 6.91. The Morgan fingerprint density at radius 2 is 0.935 bits per heavy atom. The highest BCUT2D eigenvalue weighted by atomic mass is 16.5. The molecular formula is C42H28N2O2. The Morgan fingerprint density at radius 1 is 0.543 bits per heavy atom. The van der Waals surface area contributed by atoms with Gasteiger partial charge >= 0.3 is 0 Å². The molecule has 0 radical (unpaired) electrons. The lowest BCUT2D eigenvalue weighted by atomic mass is 9.89. The zero-order valence-electron chi connectivity index (χ0n) is 25.5. The average Bonchev–Trinajstić information content (AvgIpc) is 3.59. The van der Waals surface area contributed by atoms with Crippen molar-refractivity contribution in [3.63, 3.8) is 0 Å². The molecule has 0 saturated carbocycles. The summed E-state index contributed by atoms with van der Waals surface area (Å²) in [6.07, 6.45) is 23.7. The van der Waals surface area contributed by atoms with E-state index in [2.05, 4.69) is 81.3 Å². The molecule has 0 aliphatic heterocycles. The van der Waals surface area contributed by atoms with E-state index in [4.69, 9.17) is 35.2 Å². The minimum Gasteiger partial charge on any atom is -0.497 e. The molecule has 0 N–H and O–H groups in total. The van der Waals surface area contributed by atoms with Crippen molar-refractivity contribution >= 4 is 43.6 Å². The van der Waals surface area contributed by atoms with Gasteiger partial charge in [0, 0.05) is 43.8 Å². The van der Waals surface area contributed by atoms with Gasteiger partial charge in [0.25, 0.3) is 0 Å². The summed E-state index contributed by atoms with van der Waals surface area (Å²) in [4.78, 5) is 0. The van der Waals surface area contributed by atoms with E-state index in [0.29, 0.717) is 13.1 Å². The highest BCUT2D eigenvalue weighted by molar-refractivity contribution is 6.32. The second-order valence-electron chi connectivity index (χ2n) is 11.0. The van der Waals surface area contributed by atoms with E-state index in [0.717, 1.165) is 88.5 Å². The van der Waals surface area contributed by atoms with E-state index in [1.807, 2.05) is 36.4 Å². The first-order valence-corrected chi connectivity index (χ1v) is 14.7. The number of hydrogen-bond donors (Lipinski definition) is 0. The highest BCUT2D eigenvalue weighted by Gasteiger charge is 2.28. The van der Waals surface area contributed by atoms with Crippen LogP contribution >= 0.6 is 0 Å². The molecular weight excluding hydrogens is 564 g/mol. The van der Waals surface area contributed by atoms with Gasteiger partial charge in [0.1, 0.15) is 11.5 Å². The summed E-state index contributed by atoms with van der Waals surface area (Å²) in [6, 6.07) is 28.4. The molecule has 4 heteroatoms. The molecule has 0 amide bonds. The third kappa shape index (κ3) is 4.18. The monoisotopic (exact) mass is 592 g/mol. The molecule has 7 aromatic rings.